The van der Waals surface area contributed by atoms with Crippen molar-refractivity contribution in [3.05, 3.63) is 64.0 Å². The fraction of sp³-hybridized carbons (Fsp3) is 0.263. The summed E-state index contributed by atoms with van der Waals surface area (Å²) in [6, 6.07) is 13.9. The van der Waals surface area contributed by atoms with Gasteiger partial charge in [0.15, 0.2) is 4.80 Å². The lowest BCUT2D eigenvalue weighted by Crippen LogP contribution is -2.16. The monoisotopic (exact) mass is 324 g/mol. The number of nitrogens with zero attached hydrogens (tertiary/aromatic N) is 2. The van der Waals surface area contributed by atoms with E-state index in [0.717, 1.165) is 23.3 Å². The van der Waals surface area contributed by atoms with Crippen LogP contribution in [0, 0.1) is 6.92 Å². The Morgan fingerprint density at radius 3 is 2.65 bits per heavy atom. The van der Waals surface area contributed by atoms with Crippen LogP contribution in [0.4, 0.5) is 0 Å². The zero-order chi connectivity index (χ0) is 16.4. The first-order chi connectivity index (χ1) is 11.1. The van der Waals surface area contributed by atoms with Crippen molar-refractivity contribution in [2.45, 2.75) is 33.7 Å². The summed E-state index contributed by atoms with van der Waals surface area (Å²) in [5.41, 5.74) is 4.21. The molecule has 3 nitrogen and oxygen atoms in total. The van der Waals surface area contributed by atoms with Crippen LogP contribution in [0.25, 0.3) is 10.2 Å². The molecule has 3 rings (SSSR count). The van der Waals surface area contributed by atoms with Gasteiger partial charge in [-0.15, -0.1) is 0 Å². The average Bonchev–Trinajstić information content (AvgIpc) is 2.91. The molecule has 3 aromatic rings. The van der Waals surface area contributed by atoms with Crippen LogP contribution >= 0.6 is 11.3 Å². The molecule has 0 atom stereocenters. The van der Waals surface area contributed by atoms with Crippen LogP contribution in [0.15, 0.2) is 47.5 Å². The van der Waals surface area contributed by atoms with E-state index in [2.05, 4.69) is 41.6 Å². The second-order valence-electron chi connectivity index (χ2n) is 5.53. The Labute approximate surface area is 139 Å². The Bertz CT molecular complexity index is 934. The summed E-state index contributed by atoms with van der Waals surface area (Å²) in [6.45, 7) is 7.03. The van der Waals surface area contributed by atoms with Crippen LogP contribution in [0.5, 0.6) is 0 Å². The minimum absolute atomic E-state index is 0.180. The van der Waals surface area contributed by atoms with Gasteiger partial charge < -0.3 is 4.57 Å². The lowest BCUT2D eigenvalue weighted by molar-refractivity contribution is 0.0998. The molecule has 0 bridgehead atoms. The number of thiazole rings is 1. The number of amides is 1. The molecule has 0 fully saturated rings. The van der Waals surface area contributed by atoms with E-state index in [1.165, 1.54) is 15.8 Å². The van der Waals surface area contributed by atoms with E-state index >= 15 is 0 Å². The lowest BCUT2D eigenvalue weighted by atomic mass is 10.1. The molecule has 23 heavy (non-hydrogen) atoms. The smallest absolute Gasteiger partial charge is 0.279 e. The molecular formula is C19H20N2OS. The zero-order valence-corrected chi connectivity index (χ0v) is 14.5. The number of carbonyl (C=O) groups is 1. The number of hydrogen-bond acceptors (Lipinski definition) is 2. The molecule has 0 N–H and O–H groups in total. The number of hydrogen-bond donors (Lipinski definition) is 0. The van der Waals surface area contributed by atoms with Crippen molar-refractivity contribution in [1.82, 2.24) is 4.57 Å². The van der Waals surface area contributed by atoms with Crippen molar-refractivity contribution in [3.63, 3.8) is 0 Å². The van der Waals surface area contributed by atoms with Crippen LogP contribution < -0.4 is 4.80 Å². The highest BCUT2D eigenvalue weighted by atomic mass is 32.1. The normalized spacial score (nSPS) is 12.0. The summed E-state index contributed by atoms with van der Waals surface area (Å²) in [6.07, 6.45) is 0.972. The highest BCUT2D eigenvalue weighted by molar-refractivity contribution is 7.16. The molecule has 1 aromatic heterocycles. The third kappa shape index (κ3) is 2.99. The first-order valence-electron chi connectivity index (χ1n) is 7.91. The highest BCUT2D eigenvalue weighted by Gasteiger charge is 2.10. The minimum Gasteiger partial charge on any atom is -0.316 e. The fourth-order valence-corrected chi connectivity index (χ4v) is 3.94. The van der Waals surface area contributed by atoms with E-state index < -0.39 is 0 Å². The van der Waals surface area contributed by atoms with Gasteiger partial charge in [-0.25, -0.2) is 0 Å². The minimum atomic E-state index is -0.180. The number of aromatic nitrogens is 1. The summed E-state index contributed by atoms with van der Waals surface area (Å²) in [4.78, 5) is 17.7. The van der Waals surface area contributed by atoms with Gasteiger partial charge in [0.1, 0.15) is 0 Å². The molecule has 0 aliphatic rings. The lowest BCUT2D eigenvalue weighted by Gasteiger charge is -2.05. The van der Waals surface area contributed by atoms with Crippen LogP contribution in [-0.4, -0.2) is 10.5 Å². The quantitative estimate of drug-likeness (QED) is 0.706. The fourth-order valence-electron chi connectivity index (χ4n) is 2.80. The molecule has 0 saturated carbocycles. The third-order valence-corrected chi connectivity index (χ3v) is 4.99. The first-order valence-corrected chi connectivity index (χ1v) is 8.72. The molecule has 4 heteroatoms. The van der Waals surface area contributed by atoms with Crippen molar-refractivity contribution < 1.29 is 4.79 Å². The van der Waals surface area contributed by atoms with E-state index in [1.54, 1.807) is 11.3 Å². The van der Waals surface area contributed by atoms with E-state index in [4.69, 9.17) is 0 Å². The standard InChI is InChI=1S/C19H20N2OS/c1-4-14-9-7-11-16-17(14)21(5-2)19(23-16)20-18(22)15-10-6-8-13(3)12-15/h6-12H,4-5H2,1-3H3. The van der Waals surface area contributed by atoms with Crippen LogP contribution in [0.1, 0.15) is 35.3 Å². The van der Waals surface area contributed by atoms with Gasteiger partial charge in [0, 0.05) is 12.1 Å². The van der Waals surface area contributed by atoms with Crippen LogP contribution in [0.3, 0.4) is 0 Å². The van der Waals surface area contributed by atoms with Gasteiger partial charge in [-0.3, -0.25) is 4.79 Å². The molecule has 0 radical (unpaired) electrons. The zero-order valence-electron chi connectivity index (χ0n) is 13.7. The molecule has 0 aliphatic heterocycles. The van der Waals surface area contributed by atoms with E-state index in [9.17, 15) is 4.79 Å². The van der Waals surface area contributed by atoms with E-state index in [0.29, 0.717) is 5.56 Å². The molecule has 118 valence electrons. The summed E-state index contributed by atoms with van der Waals surface area (Å²) in [5, 5.41) is 0. The van der Waals surface area contributed by atoms with E-state index in [-0.39, 0.29) is 5.91 Å². The second kappa shape index (κ2) is 6.50. The summed E-state index contributed by atoms with van der Waals surface area (Å²) in [5.74, 6) is -0.180. The Morgan fingerprint density at radius 2 is 1.96 bits per heavy atom. The Hall–Kier alpha value is -2.20. The second-order valence-corrected chi connectivity index (χ2v) is 6.54. The van der Waals surface area contributed by atoms with Gasteiger partial charge in [0.25, 0.3) is 5.91 Å². The van der Waals surface area contributed by atoms with Gasteiger partial charge >= 0.3 is 0 Å². The summed E-state index contributed by atoms with van der Waals surface area (Å²) < 4.78 is 3.33. The molecule has 1 amide bonds. The molecular weight excluding hydrogens is 304 g/mol. The third-order valence-electron chi connectivity index (χ3n) is 3.94. The Kier molecular flexibility index (Phi) is 4.44. The maximum atomic E-state index is 12.5. The van der Waals surface area contributed by atoms with Crippen molar-refractivity contribution in [2.75, 3.05) is 0 Å². The predicted molar refractivity (Wildman–Crippen MR) is 95.9 cm³/mol. The molecule has 0 spiro atoms. The van der Waals surface area contributed by atoms with Crippen molar-refractivity contribution in [3.8, 4) is 0 Å². The van der Waals surface area contributed by atoms with Gasteiger partial charge in [-0.1, -0.05) is 48.1 Å². The van der Waals surface area contributed by atoms with E-state index in [1.807, 2.05) is 31.2 Å². The molecule has 2 aromatic carbocycles. The molecule has 0 aliphatic carbocycles. The van der Waals surface area contributed by atoms with Crippen molar-refractivity contribution in [1.29, 1.82) is 0 Å². The summed E-state index contributed by atoms with van der Waals surface area (Å²) >= 11 is 1.58. The Morgan fingerprint density at radius 1 is 1.17 bits per heavy atom. The predicted octanol–water partition coefficient (Wildman–Crippen LogP) is 4.33. The number of aryl methyl sites for hydroxylation is 3. The van der Waals surface area contributed by atoms with Gasteiger partial charge in [-0.05, 0) is 44.0 Å². The largest absolute Gasteiger partial charge is 0.316 e. The van der Waals surface area contributed by atoms with Crippen molar-refractivity contribution >= 4 is 27.5 Å². The number of para-hydroxylation sites is 1. The topological polar surface area (TPSA) is 34.4 Å². The SMILES string of the molecule is CCc1cccc2sc(=NC(=O)c3cccc(C)c3)n(CC)c12. The van der Waals surface area contributed by atoms with Gasteiger partial charge in [0.2, 0.25) is 0 Å². The first kappa shape index (κ1) is 15.7. The highest BCUT2D eigenvalue weighted by Crippen LogP contribution is 2.22. The van der Waals surface area contributed by atoms with Gasteiger partial charge in [0.05, 0.1) is 10.2 Å². The molecule has 0 unspecified atom stereocenters. The number of carbonyl (C=O) groups excluding carboxylic acids is 1. The maximum Gasteiger partial charge on any atom is 0.279 e. The maximum absolute atomic E-state index is 12.5. The average molecular weight is 324 g/mol. The van der Waals surface area contributed by atoms with Crippen LogP contribution in [0.2, 0.25) is 0 Å². The molecule has 0 saturated heterocycles. The van der Waals surface area contributed by atoms with Crippen LogP contribution in [-0.2, 0) is 13.0 Å². The summed E-state index contributed by atoms with van der Waals surface area (Å²) in [7, 11) is 0. The number of rotatable bonds is 3. The van der Waals surface area contributed by atoms with Gasteiger partial charge in [-0.2, -0.15) is 4.99 Å². The molecule has 1 heterocycles. The Balaban J connectivity index is 2.18. The number of benzene rings is 2. The van der Waals surface area contributed by atoms with Crippen molar-refractivity contribution in [2.24, 2.45) is 4.99 Å². The number of fused-ring (bicyclic) bond motifs is 1.